The van der Waals surface area contributed by atoms with Crippen LogP contribution >= 0.6 is 11.9 Å². The third kappa shape index (κ3) is 1.61. The number of allylic oxidation sites excluding steroid dienone is 1. The molecule has 3 nitrogen and oxygen atoms in total. The normalized spacial score (nSPS) is 14.6. The van der Waals surface area contributed by atoms with Crippen molar-refractivity contribution in [2.24, 2.45) is 0 Å². The van der Waals surface area contributed by atoms with E-state index in [1.54, 1.807) is 16.7 Å². The number of hydrogen-bond donors (Lipinski definition) is 1. The van der Waals surface area contributed by atoms with Crippen molar-refractivity contribution in [3.8, 4) is 0 Å². The molecule has 0 amide bonds. The Kier molecular flexibility index (Phi) is 2.45. The number of carbonyl (C=O) groups is 1. The maximum Gasteiger partial charge on any atom is 0.189 e. The van der Waals surface area contributed by atoms with Gasteiger partial charge in [-0.3, -0.25) is 10.2 Å². The van der Waals surface area contributed by atoms with Crippen LogP contribution in [0.15, 0.2) is 36.5 Å². The van der Waals surface area contributed by atoms with Gasteiger partial charge in [0.05, 0.1) is 5.69 Å². The van der Waals surface area contributed by atoms with Gasteiger partial charge >= 0.3 is 0 Å². The zero-order chi connectivity index (χ0) is 9.97. The first-order valence-corrected chi connectivity index (χ1v) is 5.41. The number of fused-ring (bicyclic) bond motifs is 1. The molecule has 0 aromatic heterocycles. The topological polar surface area (TPSA) is 32.3 Å². The average Bonchev–Trinajstić information content (AvgIpc) is 2.39. The summed E-state index contributed by atoms with van der Waals surface area (Å²) in [5.74, 6) is 0.0321. The Bertz CT molecular complexity index is 389. The number of anilines is 1. The summed E-state index contributed by atoms with van der Waals surface area (Å²) in [6, 6.07) is 7.48. The summed E-state index contributed by atoms with van der Waals surface area (Å²) in [6.45, 7) is 0. The summed E-state index contributed by atoms with van der Waals surface area (Å²) in [7, 11) is 0. The van der Waals surface area contributed by atoms with Crippen molar-refractivity contribution in [2.45, 2.75) is 0 Å². The molecule has 0 saturated heterocycles. The van der Waals surface area contributed by atoms with Crippen LogP contribution in [0.3, 0.4) is 0 Å². The summed E-state index contributed by atoms with van der Waals surface area (Å²) in [4.78, 5) is 11.6. The number of ketones is 1. The highest BCUT2D eigenvalue weighted by Crippen LogP contribution is 2.22. The van der Waals surface area contributed by atoms with Crippen molar-refractivity contribution >= 4 is 23.4 Å². The first kappa shape index (κ1) is 9.15. The van der Waals surface area contributed by atoms with E-state index in [4.69, 9.17) is 0 Å². The fourth-order valence-electron chi connectivity index (χ4n) is 1.28. The Morgan fingerprint density at radius 2 is 2.14 bits per heavy atom. The van der Waals surface area contributed by atoms with E-state index in [0.717, 1.165) is 5.69 Å². The van der Waals surface area contributed by atoms with Crippen LogP contribution in [0.5, 0.6) is 0 Å². The van der Waals surface area contributed by atoms with Crippen molar-refractivity contribution in [1.29, 1.82) is 0 Å². The SMILES string of the molecule is CSN1C=CC(=O)c2ccccc2N1. The second-order valence-corrected chi connectivity index (χ2v) is 3.60. The third-order valence-corrected chi connectivity index (χ3v) is 2.59. The van der Waals surface area contributed by atoms with Gasteiger partial charge < -0.3 is 0 Å². The number of hydrogen-bond acceptors (Lipinski definition) is 4. The molecule has 1 aromatic rings. The molecule has 0 radical (unpaired) electrons. The molecule has 0 atom stereocenters. The number of rotatable bonds is 1. The van der Waals surface area contributed by atoms with Gasteiger partial charge in [-0.1, -0.05) is 12.1 Å². The van der Waals surface area contributed by atoms with Crippen LogP contribution in [0, 0.1) is 0 Å². The van der Waals surface area contributed by atoms with Gasteiger partial charge in [-0.05, 0) is 24.1 Å². The Balaban J connectivity index is 2.43. The molecular formula is C10H10N2OS. The summed E-state index contributed by atoms with van der Waals surface area (Å²) in [5.41, 5.74) is 4.68. The Morgan fingerprint density at radius 1 is 1.36 bits per heavy atom. The molecule has 2 rings (SSSR count). The Labute approximate surface area is 86.9 Å². The Morgan fingerprint density at radius 3 is 2.93 bits per heavy atom. The maximum absolute atomic E-state index is 11.6. The predicted octanol–water partition coefficient (Wildman–Crippen LogP) is 2.30. The van der Waals surface area contributed by atoms with E-state index >= 15 is 0 Å². The molecule has 0 saturated carbocycles. The molecule has 0 bridgehead atoms. The van der Waals surface area contributed by atoms with E-state index < -0.39 is 0 Å². The highest BCUT2D eigenvalue weighted by Gasteiger charge is 2.13. The molecule has 72 valence electrons. The lowest BCUT2D eigenvalue weighted by Gasteiger charge is -2.17. The summed E-state index contributed by atoms with van der Waals surface area (Å²) in [6.07, 6.45) is 5.23. The zero-order valence-corrected chi connectivity index (χ0v) is 8.54. The van der Waals surface area contributed by atoms with Gasteiger partial charge in [-0.2, -0.15) is 0 Å². The van der Waals surface area contributed by atoms with Gasteiger partial charge in [0, 0.05) is 24.1 Å². The molecular weight excluding hydrogens is 196 g/mol. The smallest absolute Gasteiger partial charge is 0.189 e. The molecule has 0 fully saturated rings. The van der Waals surface area contributed by atoms with Gasteiger partial charge in [0.1, 0.15) is 0 Å². The molecule has 0 aliphatic carbocycles. The molecule has 14 heavy (non-hydrogen) atoms. The van der Waals surface area contributed by atoms with Crippen LogP contribution in [-0.2, 0) is 0 Å². The second kappa shape index (κ2) is 3.75. The van der Waals surface area contributed by atoms with Gasteiger partial charge in [0.25, 0.3) is 0 Å². The summed E-state index contributed by atoms with van der Waals surface area (Å²) in [5, 5.41) is 0. The van der Waals surface area contributed by atoms with Gasteiger partial charge in [0.15, 0.2) is 5.78 Å². The van der Waals surface area contributed by atoms with Crippen LogP contribution in [0.4, 0.5) is 5.69 Å². The molecule has 1 aromatic carbocycles. The number of nitrogens with zero attached hydrogens (tertiary/aromatic N) is 1. The van der Waals surface area contributed by atoms with Crippen LogP contribution in [-0.4, -0.2) is 16.5 Å². The molecule has 1 heterocycles. The minimum Gasteiger partial charge on any atom is -0.289 e. The fraction of sp³-hybridized carbons (Fsp3) is 0.100. The van der Waals surface area contributed by atoms with Crippen molar-refractivity contribution in [3.63, 3.8) is 0 Å². The summed E-state index contributed by atoms with van der Waals surface area (Å²) < 4.78 is 1.80. The Hall–Kier alpha value is -1.42. The van der Waals surface area contributed by atoms with Crippen LogP contribution in [0.25, 0.3) is 0 Å². The molecule has 4 heteroatoms. The lowest BCUT2D eigenvalue weighted by molar-refractivity contribution is 0.104. The minimum atomic E-state index is 0.0321. The number of para-hydroxylation sites is 1. The standard InChI is InChI=1S/C10H10N2OS/c1-14-12-7-6-10(13)8-4-2-3-5-9(8)11-12/h2-7,11H,1H3. The number of benzene rings is 1. The van der Waals surface area contributed by atoms with Crippen LogP contribution in [0.1, 0.15) is 10.4 Å². The van der Waals surface area contributed by atoms with E-state index in [0.29, 0.717) is 5.56 Å². The molecule has 0 spiro atoms. The van der Waals surface area contributed by atoms with Crippen molar-refractivity contribution in [3.05, 3.63) is 42.1 Å². The van der Waals surface area contributed by atoms with E-state index in [2.05, 4.69) is 5.43 Å². The second-order valence-electron chi connectivity index (χ2n) is 2.85. The van der Waals surface area contributed by atoms with Crippen molar-refractivity contribution in [1.82, 2.24) is 4.41 Å². The lowest BCUT2D eigenvalue weighted by Crippen LogP contribution is -2.15. The van der Waals surface area contributed by atoms with E-state index in [-0.39, 0.29) is 5.78 Å². The molecule has 1 aliphatic rings. The highest BCUT2D eigenvalue weighted by atomic mass is 32.2. The fourth-order valence-corrected chi connectivity index (χ4v) is 1.66. The first-order valence-electron chi connectivity index (χ1n) is 4.23. The van der Waals surface area contributed by atoms with E-state index in [1.165, 1.54) is 11.9 Å². The summed E-state index contributed by atoms with van der Waals surface area (Å²) >= 11 is 1.51. The van der Waals surface area contributed by atoms with E-state index in [1.807, 2.05) is 30.5 Å². The van der Waals surface area contributed by atoms with Gasteiger partial charge in [-0.25, -0.2) is 4.41 Å². The molecule has 1 N–H and O–H groups in total. The van der Waals surface area contributed by atoms with Crippen molar-refractivity contribution < 1.29 is 4.79 Å². The van der Waals surface area contributed by atoms with Crippen LogP contribution in [0.2, 0.25) is 0 Å². The molecule has 1 aliphatic heterocycles. The first-order chi connectivity index (χ1) is 6.81. The quantitative estimate of drug-likeness (QED) is 0.715. The number of nitrogens with one attached hydrogen (secondary N) is 1. The maximum atomic E-state index is 11.6. The highest BCUT2D eigenvalue weighted by molar-refractivity contribution is 7.96. The predicted molar refractivity (Wildman–Crippen MR) is 58.9 cm³/mol. The van der Waals surface area contributed by atoms with Crippen molar-refractivity contribution in [2.75, 3.05) is 11.7 Å². The van der Waals surface area contributed by atoms with Crippen LogP contribution < -0.4 is 5.43 Å². The van der Waals surface area contributed by atoms with Gasteiger partial charge in [0.2, 0.25) is 0 Å². The lowest BCUT2D eigenvalue weighted by atomic mass is 10.1. The monoisotopic (exact) mass is 206 g/mol. The molecule has 0 unspecified atom stereocenters. The average molecular weight is 206 g/mol. The van der Waals surface area contributed by atoms with E-state index in [9.17, 15) is 4.79 Å². The zero-order valence-electron chi connectivity index (χ0n) is 7.73. The largest absolute Gasteiger partial charge is 0.289 e. The third-order valence-electron chi connectivity index (χ3n) is 1.98. The number of hydrazine groups is 1. The van der Waals surface area contributed by atoms with Gasteiger partial charge in [-0.15, -0.1) is 0 Å². The minimum absolute atomic E-state index is 0.0321. The number of carbonyl (C=O) groups excluding carboxylic acids is 1.